The number of carbonyl (C=O) groups excluding carboxylic acids is 1. The number of hydrogen-bond donors (Lipinski definition) is 2. The van der Waals surface area contributed by atoms with E-state index in [0.29, 0.717) is 12.1 Å². The minimum atomic E-state index is -0.0491. The zero-order chi connectivity index (χ0) is 14.2. The van der Waals surface area contributed by atoms with Crippen LogP contribution in [0.5, 0.6) is 0 Å². The lowest BCUT2D eigenvalue weighted by molar-refractivity contribution is 0.0948. The van der Waals surface area contributed by atoms with E-state index in [2.05, 4.69) is 20.5 Å². The molecule has 1 aliphatic rings. The highest BCUT2D eigenvalue weighted by atomic mass is 32.2. The number of hydrogen-bond acceptors (Lipinski definition) is 5. The molecule has 0 spiro atoms. The molecule has 1 fully saturated rings. The third kappa shape index (κ3) is 4.68. The molecule has 2 rings (SSSR count). The summed E-state index contributed by atoms with van der Waals surface area (Å²) in [6.45, 7) is 6.71. The van der Waals surface area contributed by atoms with Crippen LogP contribution in [-0.4, -0.2) is 60.0 Å². The minimum Gasteiger partial charge on any atom is -0.370 e. The van der Waals surface area contributed by atoms with Crippen LogP contribution in [0.1, 0.15) is 17.3 Å². The summed E-state index contributed by atoms with van der Waals surface area (Å²) in [6, 6.07) is 3.64. The number of rotatable bonds is 6. The molecule has 0 bridgehead atoms. The van der Waals surface area contributed by atoms with Crippen molar-refractivity contribution < 1.29 is 4.79 Å². The van der Waals surface area contributed by atoms with E-state index in [4.69, 9.17) is 0 Å². The summed E-state index contributed by atoms with van der Waals surface area (Å²) in [5, 5.41) is 6.06. The van der Waals surface area contributed by atoms with Crippen LogP contribution in [0.4, 0.5) is 5.82 Å². The Morgan fingerprint density at radius 1 is 1.40 bits per heavy atom. The molecule has 0 atom stereocenters. The number of anilines is 1. The van der Waals surface area contributed by atoms with Gasteiger partial charge in [-0.05, 0) is 19.1 Å². The molecule has 1 aromatic heterocycles. The molecule has 0 unspecified atom stereocenters. The van der Waals surface area contributed by atoms with Gasteiger partial charge in [-0.2, -0.15) is 11.8 Å². The molecule has 0 aromatic carbocycles. The zero-order valence-electron chi connectivity index (χ0n) is 11.9. The van der Waals surface area contributed by atoms with Crippen LogP contribution < -0.4 is 10.6 Å². The Bertz CT molecular complexity index is 418. The van der Waals surface area contributed by atoms with Crippen molar-refractivity contribution in [2.24, 2.45) is 0 Å². The van der Waals surface area contributed by atoms with E-state index in [9.17, 15) is 4.79 Å². The average molecular weight is 294 g/mol. The van der Waals surface area contributed by atoms with Crippen LogP contribution in [0.2, 0.25) is 0 Å². The fourth-order valence-corrected chi connectivity index (χ4v) is 3.05. The van der Waals surface area contributed by atoms with E-state index < -0.39 is 0 Å². The average Bonchev–Trinajstić information content (AvgIpc) is 2.49. The monoisotopic (exact) mass is 294 g/mol. The van der Waals surface area contributed by atoms with Crippen LogP contribution in [0.15, 0.2) is 18.3 Å². The predicted octanol–water partition coefficient (Wildman–Crippen LogP) is 1.29. The topological polar surface area (TPSA) is 57.3 Å². The third-order valence-corrected chi connectivity index (χ3v) is 4.14. The minimum absolute atomic E-state index is 0.0491. The van der Waals surface area contributed by atoms with Crippen molar-refractivity contribution in [3.05, 3.63) is 23.9 Å². The molecule has 110 valence electrons. The van der Waals surface area contributed by atoms with Gasteiger partial charge in [-0.25, -0.2) is 4.98 Å². The number of pyridine rings is 1. The van der Waals surface area contributed by atoms with Gasteiger partial charge in [0.15, 0.2) is 0 Å². The maximum atomic E-state index is 12.0. The summed E-state index contributed by atoms with van der Waals surface area (Å²) in [5.74, 6) is 3.15. The van der Waals surface area contributed by atoms with E-state index in [0.717, 1.165) is 32.0 Å². The Hall–Kier alpha value is -1.27. The first-order chi connectivity index (χ1) is 9.79. The molecular formula is C14H22N4OS. The number of amides is 1. The first-order valence-electron chi connectivity index (χ1n) is 7.08. The molecule has 1 aromatic rings. The summed E-state index contributed by atoms with van der Waals surface area (Å²) in [5.41, 5.74) is 0.612. The number of thioether (sulfide) groups is 1. The van der Waals surface area contributed by atoms with Gasteiger partial charge in [0.2, 0.25) is 0 Å². The van der Waals surface area contributed by atoms with Crippen LogP contribution in [0, 0.1) is 0 Å². The molecule has 1 aliphatic heterocycles. The van der Waals surface area contributed by atoms with Crippen molar-refractivity contribution in [3.63, 3.8) is 0 Å². The Kier molecular flexibility index (Phi) is 6.14. The normalized spacial score (nSPS) is 15.8. The van der Waals surface area contributed by atoms with Crippen molar-refractivity contribution in [2.45, 2.75) is 6.92 Å². The summed E-state index contributed by atoms with van der Waals surface area (Å²) in [7, 11) is 0. The van der Waals surface area contributed by atoms with Gasteiger partial charge in [-0.1, -0.05) is 0 Å². The van der Waals surface area contributed by atoms with Crippen molar-refractivity contribution in [3.8, 4) is 0 Å². The largest absolute Gasteiger partial charge is 0.370 e. The zero-order valence-corrected chi connectivity index (χ0v) is 12.7. The van der Waals surface area contributed by atoms with Gasteiger partial charge in [0.25, 0.3) is 5.91 Å². The summed E-state index contributed by atoms with van der Waals surface area (Å²) in [4.78, 5) is 18.6. The Balaban J connectivity index is 1.73. The van der Waals surface area contributed by atoms with Crippen molar-refractivity contribution in [1.82, 2.24) is 15.2 Å². The molecule has 5 nitrogen and oxygen atoms in total. The van der Waals surface area contributed by atoms with Gasteiger partial charge in [-0.15, -0.1) is 0 Å². The fraction of sp³-hybridized carbons (Fsp3) is 0.571. The molecule has 2 heterocycles. The van der Waals surface area contributed by atoms with E-state index in [1.807, 2.05) is 24.8 Å². The molecule has 20 heavy (non-hydrogen) atoms. The Morgan fingerprint density at radius 2 is 2.20 bits per heavy atom. The standard InChI is InChI=1S/C14H22N4OS/c1-2-15-13-4-3-12(11-17-13)14(19)16-5-6-18-7-9-20-10-8-18/h3-4,11H,2,5-10H2,1H3,(H,15,17)(H,16,19). The smallest absolute Gasteiger partial charge is 0.252 e. The van der Waals surface area contributed by atoms with E-state index in [-0.39, 0.29) is 5.91 Å². The third-order valence-electron chi connectivity index (χ3n) is 3.20. The molecule has 0 aliphatic carbocycles. The second kappa shape index (κ2) is 8.11. The maximum Gasteiger partial charge on any atom is 0.252 e. The Morgan fingerprint density at radius 3 is 2.85 bits per heavy atom. The van der Waals surface area contributed by atoms with Gasteiger partial charge >= 0.3 is 0 Å². The van der Waals surface area contributed by atoms with Crippen LogP contribution in [0.3, 0.4) is 0 Å². The SMILES string of the molecule is CCNc1ccc(C(=O)NCCN2CCSCC2)cn1. The molecular weight excluding hydrogens is 272 g/mol. The lowest BCUT2D eigenvalue weighted by atomic mass is 10.2. The molecule has 0 saturated carbocycles. The molecule has 1 amide bonds. The summed E-state index contributed by atoms with van der Waals surface area (Å²) >= 11 is 2.00. The van der Waals surface area contributed by atoms with E-state index in [1.165, 1.54) is 11.5 Å². The van der Waals surface area contributed by atoms with E-state index >= 15 is 0 Å². The van der Waals surface area contributed by atoms with Gasteiger partial charge < -0.3 is 10.6 Å². The van der Waals surface area contributed by atoms with Gasteiger partial charge in [0.05, 0.1) is 5.56 Å². The molecule has 2 N–H and O–H groups in total. The predicted molar refractivity (Wildman–Crippen MR) is 84.5 cm³/mol. The molecule has 0 radical (unpaired) electrons. The lowest BCUT2D eigenvalue weighted by Gasteiger charge is -2.25. The van der Waals surface area contributed by atoms with Gasteiger partial charge in [0.1, 0.15) is 5.82 Å². The first-order valence-corrected chi connectivity index (χ1v) is 8.23. The number of aromatic nitrogens is 1. The summed E-state index contributed by atoms with van der Waals surface area (Å²) in [6.07, 6.45) is 1.62. The highest BCUT2D eigenvalue weighted by molar-refractivity contribution is 7.99. The number of carbonyl (C=O) groups is 1. The van der Waals surface area contributed by atoms with Crippen LogP contribution in [0.25, 0.3) is 0 Å². The van der Waals surface area contributed by atoms with Crippen molar-refractivity contribution >= 4 is 23.5 Å². The van der Waals surface area contributed by atoms with E-state index in [1.54, 1.807) is 12.3 Å². The second-order valence-electron chi connectivity index (χ2n) is 4.67. The van der Waals surface area contributed by atoms with Crippen LogP contribution in [-0.2, 0) is 0 Å². The van der Waals surface area contributed by atoms with Gasteiger partial charge in [0, 0.05) is 50.4 Å². The van der Waals surface area contributed by atoms with Crippen LogP contribution >= 0.6 is 11.8 Å². The van der Waals surface area contributed by atoms with Crippen molar-refractivity contribution in [1.29, 1.82) is 0 Å². The quantitative estimate of drug-likeness (QED) is 0.828. The van der Waals surface area contributed by atoms with Gasteiger partial charge in [-0.3, -0.25) is 9.69 Å². The molecule has 6 heteroatoms. The first kappa shape index (κ1) is 15.1. The van der Waals surface area contributed by atoms with Crippen molar-refractivity contribution in [2.75, 3.05) is 49.5 Å². The highest BCUT2D eigenvalue weighted by Crippen LogP contribution is 2.08. The fourth-order valence-electron chi connectivity index (χ4n) is 2.07. The highest BCUT2D eigenvalue weighted by Gasteiger charge is 2.11. The number of nitrogens with one attached hydrogen (secondary N) is 2. The maximum absolute atomic E-state index is 12.0. The summed E-state index contributed by atoms with van der Waals surface area (Å²) < 4.78 is 0. The Labute approximate surface area is 124 Å². The second-order valence-corrected chi connectivity index (χ2v) is 5.90. The number of nitrogens with zero attached hydrogens (tertiary/aromatic N) is 2. The molecule has 1 saturated heterocycles. The lowest BCUT2D eigenvalue weighted by Crippen LogP contribution is -2.39.